The van der Waals surface area contributed by atoms with E-state index in [4.69, 9.17) is 15.9 Å². The van der Waals surface area contributed by atoms with Gasteiger partial charge in [0, 0.05) is 19.6 Å². The summed E-state index contributed by atoms with van der Waals surface area (Å²) in [5.41, 5.74) is 5.81. The Kier molecular flexibility index (Phi) is 39.8. The van der Waals surface area contributed by atoms with E-state index in [0.717, 1.165) is 0 Å². The van der Waals surface area contributed by atoms with E-state index in [9.17, 15) is 96.8 Å². The summed E-state index contributed by atoms with van der Waals surface area (Å²) in [6.45, 7) is 16.8. The van der Waals surface area contributed by atoms with Gasteiger partial charge in [0.2, 0.25) is 88.6 Å². The highest BCUT2D eigenvalue weighted by Gasteiger charge is 2.46. The smallest absolute Gasteiger partial charge is 0.328 e. The van der Waals surface area contributed by atoms with Gasteiger partial charge < -0.3 is 110 Å². The molecule has 3 saturated heterocycles. The number of aliphatic carboxylic acids is 2. The first-order chi connectivity index (χ1) is 51.1. The molecule has 0 unspecified atom stereocenters. The Morgan fingerprint density at radius 3 is 1.33 bits per heavy atom. The Morgan fingerprint density at radius 2 is 0.835 bits per heavy atom. The maximum absolute atomic E-state index is 14.7. The molecule has 0 aromatic heterocycles. The number of nitrogens with zero attached hydrogens (tertiary/aromatic N) is 3. The summed E-state index contributed by atoms with van der Waals surface area (Å²) in [5, 5.41) is 77.9. The van der Waals surface area contributed by atoms with Crippen molar-refractivity contribution >= 4 is 112 Å². The molecule has 109 heavy (non-hydrogen) atoms. The second kappa shape index (κ2) is 46.0. The van der Waals surface area contributed by atoms with E-state index < -0.39 is 230 Å². The molecule has 3 fully saturated rings. The number of aliphatic hydroxyl groups excluding tert-OH is 3. The van der Waals surface area contributed by atoms with Crippen LogP contribution in [-0.2, 0) is 81.5 Å². The number of thioether (sulfide) groups is 1. The zero-order chi connectivity index (χ0) is 82.4. The zero-order valence-corrected chi connectivity index (χ0v) is 65.5. The van der Waals surface area contributed by atoms with E-state index in [1.54, 1.807) is 61.6 Å². The van der Waals surface area contributed by atoms with E-state index in [2.05, 4.69) is 58.5 Å². The number of amides is 15. The highest BCUT2D eigenvalue weighted by molar-refractivity contribution is 7.98. The standard InChI is InChI=1S/C70H118N16O22S/c1-34(2)25-42(59(96)79-45(29-54(92)93)60(97)78-43(26-35(3)4)58(95)74-39(11)57(94)72-30-53(91)76-48(33-88)70(107)108)75-52(90)31-73-63(100)49-17-14-21-84(49)68(105)46(28-37(7)8)81-64(101)50-18-15-22-85(50)69(106)51-19-16-23-86(51)67(104)41(20-24-109-13)77-62(99)47(32-87)82-66(103)56(38(9)10)83-61(98)44(27-36(5)6)80-65(102)55(71)40(12)89/h34-51,55-56,87-89H,14-33,71H2,1-13H3,(H,72,94)(H,73,100)(H,74,95)(H,75,90)(H,76,91)(H,77,99)(H,78,97)(H,79,96)(H,80,102)(H,81,101)(H,82,103)(H,83,98)(H,92,93)(H,107,108)/t39-,40+,41-,42-,43-,44-,45-,46-,47-,48-,49-,50-,51-,55-,56-/m0/s1. The van der Waals surface area contributed by atoms with Crippen molar-refractivity contribution in [2.45, 2.75) is 251 Å². The van der Waals surface area contributed by atoms with Crippen LogP contribution in [0.25, 0.3) is 0 Å². The second-order valence-corrected chi connectivity index (χ2v) is 30.9. The summed E-state index contributed by atoms with van der Waals surface area (Å²) < 4.78 is 0. The Morgan fingerprint density at radius 1 is 0.431 bits per heavy atom. The Hall–Kier alpha value is -8.82. The molecule has 3 aliphatic rings. The van der Waals surface area contributed by atoms with Gasteiger partial charge in [-0.3, -0.25) is 76.7 Å². The van der Waals surface area contributed by atoms with Crippen LogP contribution in [-0.4, -0.2) is 289 Å². The van der Waals surface area contributed by atoms with Gasteiger partial charge in [0.15, 0.2) is 0 Å². The van der Waals surface area contributed by atoms with Crippen molar-refractivity contribution in [3.63, 3.8) is 0 Å². The molecular formula is C70H118N16O22S. The van der Waals surface area contributed by atoms with Crippen LogP contribution < -0.4 is 69.5 Å². The van der Waals surface area contributed by atoms with Crippen LogP contribution >= 0.6 is 11.8 Å². The summed E-state index contributed by atoms with van der Waals surface area (Å²) in [4.78, 5) is 234. The molecule has 3 aliphatic heterocycles. The van der Waals surface area contributed by atoms with Crippen LogP contribution in [0.4, 0.5) is 0 Å². The molecule has 19 N–H and O–H groups in total. The Balaban J connectivity index is 1.73. The maximum atomic E-state index is 14.7. The minimum Gasteiger partial charge on any atom is -0.481 e. The van der Waals surface area contributed by atoms with Gasteiger partial charge in [-0.15, -0.1) is 0 Å². The third-order valence-corrected chi connectivity index (χ3v) is 19.0. The number of carbonyl (C=O) groups excluding carboxylic acids is 15. The van der Waals surface area contributed by atoms with E-state index in [1.165, 1.54) is 40.3 Å². The van der Waals surface area contributed by atoms with Gasteiger partial charge in [0.1, 0.15) is 84.6 Å². The highest BCUT2D eigenvalue weighted by Crippen LogP contribution is 2.28. The number of carbonyl (C=O) groups is 17. The number of nitrogens with one attached hydrogen (secondary N) is 12. The first-order valence-corrected chi connectivity index (χ1v) is 38.5. The lowest BCUT2D eigenvalue weighted by Crippen LogP contribution is -2.61. The average Bonchev–Trinajstić information content (AvgIpc) is 1.67. The van der Waals surface area contributed by atoms with Crippen molar-refractivity contribution in [1.29, 1.82) is 0 Å². The first kappa shape index (κ1) is 94.4. The fourth-order valence-electron chi connectivity index (χ4n) is 12.6. The number of hydrogen-bond donors (Lipinski definition) is 18. The summed E-state index contributed by atoms with van der Waals surface area (Å²) in [6.07, 6.45) is 1.38. The molecule has 0 aromatic rings. The second-order valence-electron chi connectivity index (χ2n) is 29.9. The summed E-state index contributed by atoms with van der Waals surface area (Å²) in [7, 11) is 0. The van der Waals surface area contributed by atoms with E-state index >= 15 is 0 Å². The maximum Gasteiger partial charge on any atom is 0.328 e. The normalized spacial score (nSPS) is 19.0. The predicted octanol–water partition coefficient (Wildman–Crippen LogP) is -5.09. The van der Waals surface area contributed by atoms with E-state index in [0.29, 0.717) is 25.0 Å². The molecule has 38 nitrogen and oxygen atoms in total. The van der Waals surface area contributed by atoms with Gasteiger partial charge >= 0.3 is 11.9 Å². The molecule has 616 valence electrons. The molecular weight excluding hydrogens is 1450 g/mol. The van der Waals surface area contributed by atoms with Crippen molar-refractivity contribution in [3.8, 4) is 0 Å². The van der Waals surface area contributed by atoms with E-state index in [-0.39, 0.29) is 94.7 Å². The number of rotatable bonds is 45. The van der Waals surface area contributed by atoms with Crippen molar-refractivity contribution < 1.29 is 107 Å². The lowest BCUT2D eigenvalue weighted by molar-refractivity contribution is -0.148. The number of aliphatic hydroxyl groups is 3. The molecule has 0 saturated carbocycles. The van der Waals surface area contributed by atoms with Crippen LogP contribution in [0.5, 0.6) is 0 Å². The van der Waals surface area contributed by atoms with Gasteiger partial charge in [-0.25, -0.2) is 4.79 Å². The molecule has 39 heteroatoms. The zero-order valence-electron chi connectivity index (χ0n) is 64.7. The third kappa shape index (κ3) is 30.5. The predicted molar refractivity (Wildman–Crippen MR) is 395 cm³/mol. The fourth-order valence-corrected chi connectivity index (χ4v) is 13.1. The molecule has 15 amide bonds. The van der Waals surface area contributed by atoms with Crippen molar-refractivity contribution in [2.24, 2.45) is 35.3 Å². The van der Waals surface area contributed by atoms with Gasteiger partial charge in [-0.2, -0.15) is 11.8 Å². The summed E-state index contributed by atoms with van der Waals surface area (Å²) in [5.74, 6) is -16.6. The van der Waals surface area contributed by atoms with Gasteiger partial charge in [0.05, 0.1) is 38.8 Å². The number of carboxylic acid groups (broad SMARTS) is 2. The molecule has 0 bridgehead atoms. The Labute approximate surface area is 639 Å². The molecule has 0 spiro atoms. The molecule has 15 atom stereocenters. The quantitative estimate of drug-likeness (QED) is 0.0271. The average molecular weight is 1570 g/mol. The highest BCUT2D eigenvalue weighted by atomic mass is 32.2. The SMILES string of the molecule is CSCC[C@H](NC(=O)[C@H](CO)NC(=O)[C@@H](NC(=O)[C@H](CC(C)C)NC(=O)[C@@H](N)[C@@H](C)O)C(C)C)C(=O)N1CCC[C@H]1C(=O)N1CCC[C@H]1C(=O)N[C@@H](CC(C)C)C(=O)N1CCC[C@H]1C(=O)NCC(=O)N[C@@H](CC(C)C)C(=O)N[C@@H](CC(=O)O)C(=O)N[C@@H](CC(C)C)C(=O)N[C@@H](C)C(=O)NCC(=O)N[C@@H](CO)C(=O)O. The van der Waals surface area contributed by atoms with Crippen molar-refractivity contribution in [2.75, 3.05) is 57.9 Å². The first-order valence-electron chi connectivity index (χ1n) is 37.1. The summed E-state index contributed by atoms with van der Waals surface area (Å²) in [6, 6.07) is -18.9. The molecule has 3 rings (SSSR count). The monoisotopic (exact) mass is 1570 g/mol. The number of carboxylic acids is 2. The number of nitrogens with two attached hydrogens (primary N) is 1. The van der Waals surface area contributed by atoms with E-state index in [1.807, 2.05) is 19.2 Å². The molecule has 0 aliphatic carbocycles. The number of hydrogen-bond acceptors (Lipinski definition) is 22. The van der Waals surface area contributed by atoms with Crippen LogP contribution in [0.1, 0.15) is 160 Å². The minimum absolute atomic E-state index is 0.0567. The van der Waals surface area contributed by atoms with Gasteiger partial charge in [-0.05, 0) is 126 Å². The van der Waals surface area contributed by atoms with Crippen molar-refractivity contribution in [3.05, 3.63) is 0 Å². The van der Waals surface area contributed by atoms with Crippen LogP contribution in [0.3, 0.4) is 0 Å². The van der Waals surface area contributed by atoms with Gasteiger partial charge in [-0.1, -0.05) is 69.2 Å². The summed E-state index contributed by atoms with van der Waals surface area (Å²) >= 11 is 1.37. The molecule has 3 heterocycles. The third-order valence-electron chi connectivity index (χ3n) is 18.4. The minimum atomic E-state index is -1.83. The fraction of sp³-hybridized carbons (Fsp3) is 0.757. The van der Waals surface area contributed by atoms with Gasteiger partial charge in [0.25, 0.3) is 0 Å². The lowest BCUT2D eigenvalue weighted by Gasteiger charge is -2.34. The van der Waals surface area contributed by atoms with Crippen molar-refractivity contribution in [1.82, 2.24) is 78.5 Å². The molecule has 0 radical (unpaired) electrons. The molecule has 0 aromatic carbocycles. The largest absolute Gasteiger partial charge is 0.481 e. The van der Waals surface area contributed by atoms with Crippen LogP contribution in [0, 0.1) is 29.6 Å². The van der Waals surface area contributed by atoms with Crippen LogP contribution in [0.15, 0.2) is 0 Å². The number of likely N-dealkylation sites (tertiary alicyclic amines) is 3. The Bertz CT molecular complexity index is 3200. The van der Waals surface area contributed by atoms with Crippen LogP contribution in [0.2, 0.25) is 0 Å². The lowest BCUT2D eigenvalue weighted by atomic mass is 9.99. The topological polar surface area (TPSA) is 571 Å².